The number of aromatic nitrogens is 4. The van der Waals surface area contributed by atoms with Gasteiger partial charge in [0.1, 0.15) is 5.82 Å². The summed E-state index contributed by atoms with van der Waals surface area (Å²) in [5.41, 5.74) is 5.11. The number of hydrogen-bond acceptors (Lipinski definition) is 4. The summed E-state index contributed by atoms with van der Waals surface area (Å²) in [5.74, 6) is -1.85. The number of alkyl halides is 3. The van der Waals surface area contributed by atoms with Gasteiger partial charge < -0.3 is 11.1 Å². The number of benzene rings is 2. The first-order chi connectivity index (χ1) is 16.5. The first-order valence-electron chi connectivity index (χ1n) is 9.72. The van der Waals surface area contributed by atoms with E-state index in [0.717, 1.165) is 16.4 Å². The molecule has 4 rings (SSSR count). The van der Waals surface area contributed by atoms with Crippen molar-refractivity contribution in [1.82, 2.24) is 20.0 Å². The maximum absolute atomic E-state index is 13.6. The molecule has 2 heterocycles. The van der Waals surface area contributed by atoms with Gasteiger partial charge in [-0.1, -0.05) is 23.7 Å². The molecule has 0 atom stereocenters. The number of aromatic amines is 1. The van der Waals surface area contributed by atoms with E-state index in [1.165, 1.54) is 37.6 Å². The third-order valence-corrected chi connectivity index (χ3v) is 4.76. The van der Waals surface area contributed by atoms with E-state index in [0.29, 0.717) is 21.8 Å². The average Bonchev–Trinajstić information content (AvgIpc) is 3.46. The van der Waals surface area contributed by atoms with Crippen molar-refractivity contribution in [2.75, 3.05) is 5.32 Å². The zero-order valence-corrected chi connectivity index (χ0v) is 18.7. The van der Waals surface area contributed by atoms with Crippen LogP contribution in [0.3, 0.4) is 0 Å². The van der Waals surface area contributed by atoms with Crippen molar-refractivity contribution >= 4 is 29.1 Å². The van der Waals surface area contributed by atoms with Crippen molar-refractivity contribution in [3.63, 3.8) is 0 Å². The molecule has 0 unspecified atom stereocenters. The Labute approximate surface area is 200 Å². The molecule has 2 aromatic heterocycles. The second kappa shape index (κ2) is 10.4. The number of halogens is 5. The first kappa shape index (κ1) is 25.4. The summed E-state index contributed by atoms with van der Waals surface area (Å²) >= 11 is 5.87. The summed E-state index contributed by atoms with van der Waals surface area (Å²) in [4.78, 5) is 22.7. The molecule has 8 nitrogen and oxygen atoms in total. The number of nitrogens with zero attached hydrogens (tertiary/aromatic N) is 3. The molecule has 4 aromatic rings. The molecule has 0 saturated heterocycles. The van der Waals surface area contributed by atoms with Crippen LogP contribution in [-0.4, -0.2) is 31.8 Å². The number of nitrogens with two attached hydrogens (primary N) is 1. The largest absolute Gasteiger partial charge is 0.435 e. The summed E-state index contributed by atoms with van der Waals surface area (Å²) in [6, 6.07) is 11.2. The number of primary amides is 1. The van der Waals surface area contributed by atoms with Gasteiger partial charge in [-0.15, -0.1) is 0 Å². The van der Waals surface area contributed by atoms with Gasteiger partial charge >= 0.3 is 6.18 Å². The van der Waals surface area contributed by atoms with E-state index in [-0.39, 0.29) is 11.7 Å². The van der Waals surface area contributed by atoms with Crippen molar-refractivity contribution in [2.45, 2.75) is 6.18 Å². The maximum atomic E-state index is 13.6. The molecule has 4 N–H and O–H groups in total. The van der Waals surface area contributed by atoms with Crippen molar-refractivity contribution < 1.29 is 27.2 Å². The summed E-state index contributed by atoms with van der Waals surface area (Å²) in [6.07, 6.45) is -0.807. The van der Waals surface area contributed by atoms with Crippen LogP contribution in [-0.2, 0) is 13.2 Å². The predicted molar refractivity (Wildman–Crippen MR) is 120 cm³/mol. The lowest BCUT2D eigenvalue weighted by Gasteiger charge is -2.11. The minimum Gasteiger partial charge on any atom is -0.365 e. The molecule has 0 radical (unpaired) electrons. The number of carbonyl (C=O) groups is 2. The van der Waals surface area contributed by atoms with Crippen LogP contribution in [0, 0.1) is 5.82 Å². The quantitative estimate of drug-likeness (QED) is 0.347. The minimum absolute atomic E-state index is 0.324. The van der Waals surface area contributed by atoms with Crippen LogP contribution in [0.2, 0.25) is 5.02 Å². The van der Waals surface area contributed by atoms with Gasteiger partial charge in [0.2, 0.25) is 0 Å². The molecule has 0 fully saturated rings. The molecular formula is C22H17ClF4N6O2. The normalized spacial score (nSPS) is 10.9. The summed E-state index contributed by atoms with van der Waals surface area (Å²) < 4.78 is 50.9. The van der Waals surface area contributed by atoms with E-state index in [1.807, 2.05) is 0 Å². The summed E-state index contributed by atoms with van der Waals surface area (Å²) in [5, 5.41) is 12.7. The third kappa shape index (κ3) is 6.44. The maximum Gasteiger partial charge on any atom is 0.435 e. The Bertz CT molecular complexity index is 1340. The van der Waals surface area contributed by atoms with Crippen molar-refractivity contribution in [3.8, 4) is 11.1 Å². The number of carbonyl (C=O) groups excluding carboxylic acids is 2. The van der Waals surface area contributed by atoms with Gasteiger partial charge in [-0.3, -0.25) is 19.4 Å². The van der Waals surface area contributed by atoms with Gasteiger partial charge in [-0.05, 0) is 35.9 Å². The number of rotatable bonds is 4. The van der Waals surface area contributed by atoms with Gasteiger partial charge in [0.15, 0.2) is 5.69 Å². The SMILES string of the molecule is Cn1cc(C(N)=O)c(C(F)(F)F)n1.O=C(Nc1ccc(F)cc1-c1ccc(Cl)cc1)c1cn[nH]c1. The third-order valence-electron chi connectivity index (χ3n) is 4.51. The van der Waals surface area contributed by atoms with Crippen molar-refractivity contribution in [1.29, 1.82) is 0 Å². The highest BCUT2D eigenvalue weighted by Gasteiger charge is 2.38. The monoisotopic (exact) mass is 508 g/mol. The first-order valence-corrected chi connectivity index (χ1v) is 10.1. The summed E-state index contributed by atoms with van der Waals surface area (Å²) in [7, 11) is 1.28. The average molecular weight is 509 g/mol. The fourth-order valence-electron chi connectivity index (χ4n) is 2.94. The van der Waals surface area contributed by atoms with Crippen molar-refractivity contribution in [3.05, 3.63) is 88.7 Å². The zero-order valence-electron chi connectivity index (χ0n) is 17.9. The minimum atomic E-state index is -4.65. The van der Waals surface area contributed by atoms with Gasteiger partial charge in [0.25, 0.3) is 11.8 Å². The van der Waals surface area contributed by atoms with E-state index in [2.05, 4.69) is 20.6 Å². The molecule has 0 spiro atoms. The number of amides is 2. The molecule has 0 saturated carbocycles. The van der Waals surface area contributed by atoms with Crippen LogP contribution in [0.4, 0.5) is 23.2 Å². The Balaban J connectivity index is 0.000000225. The van der Waals surface area contributed by atoms with Crippen LogP contribution < -0.4 is 11.1 Å². The van der Waals surface area contributed by atoms with Crippen LogP contribution >= 0.6 is 11.6 Å². The highest BCUT2D eigenvalue weighted by atomic mass is 35.5. The Morgan fingerprint density at radius 2 is 1.83 bits per heavy atom. The molecule has 0 aliphatic rings. The topological polar surface area (TPSA) is 119 Å². The standard InChI is InChI=1S/C16H11ClFN3O.C6H6F3N3O/c17-12-3-1-10(2-4-12)14-7-13(18)5-6-15(14)21-16(22)11-8-19-20-9-11;1-12-2-3(5(10)13)4(11-12)6(7,8)9/h1-9H,(H,19,20)(H,21,22);2H,1H3,(H2,10,13). The molecule has 182 valence electrons. The van der Waals surface area contributed by atoms with E-state index in [4.69, 9.17) is 17.3 Å². The van der Waals surface area contributed by atoms with Gasteiger partial charge in [0.05, 0.1) is 17.3 Å². The van der Waals surface area contributed by atoms with Crippen LogP contribution in [0.25, 0.3) is 11.1 Å². The predicted octanol–water partition coefficient (Wildman–Crippen LogP) is 4.66. The molecule has 0 aliphatic heterocycles. The molecule has 35 heavy (non-hydrogen) atoms. The Morgan fingerprint density at radius 1 is 1.14 bits per heavy atom. The second-order valence-electron chi connectivity index (χ2n) is 7.06. The lowest BCUT2D eigenvalue weighted by Crippen LogP contribution is -2.17. The lowest BCUT2D eigenvalue weighted by atomic mass is 10.0. The lowest BCUT2D eigenvalue weighted by molar-refractivity contribution is -0.141. The van der Waals surface area contributed by atoms with Crippen LogP contribution in [0.1, 0.15) is 26.4 Å². The summed E-state index contributed by atoms with van der Waals surface area (Å²) in [6.45, 7) is 0. The second-order valence-corrected chi connectivity index (χ2v) is 7.50. The molecule has 2 amide bonds. The van der Waals surface area contributed by atoms with E-state index in [9.17, 15) is 27.2 Å². The number of H-pyrrole nitrogens is 1. The van der Waals surface area contributed by atoms with Gasteiger partial charge in [-0.25, -0.2) is 4.39 Å². The highest BCUT2D eigenvalue weighted by molar-refractivity contribution is 6.30. The van der Waals surface area contributed by atoms with E-state index < -0.39 is 23.3 Å². The van der Waals surface area contributed by atoms with Crippen LogP contribution in [0.5, 0.6) is 0 Å². The van der Waals surface area contributed by atoms with Crippen molar-refractivity contribution in [2.24, 2.45) is 12.8 Å². The number of nitrogens with one attached hydrogen (secondary N) is 2. The molecule has 2 aromatic carbocycles. The number of aryl methyl sites for hydroxylation is 1. The van der Waals surface area contributed by atoms with E-state index >= 15 is 0 Å². The number of hydrogen-bond donors (Lipinski definition) is 3. The number of anilines is 1. The fraction of sp³-hybridized carbons (Fsp3) is 0.0909. The van der Waals surface area contributed by atoms with Gasteiger partial charge in [0, 0.05) is 35.7 Å². The fourth-order valence-corrected chi connectivity index (χ4v) is 3.07. The Kier molecular flexibility index (Phi) is 7.55. The smallest absolute Gasteiger partial charge is 0.365 e. The molecular weight excluding hydrogens is 492 g/mol. The van der Waals surface area contributed by atoms with Gasteiger partial charge in [-0.2, -0.15) is 23.4 Å². The Morgan fingerprint density at radius 3 is 2.37 bits per heavy atom. The zero-order chi connectivity index (χ0) is 25.8. The highest BCUT2D eigenvalue weighted by Crippen LogP contribution is 2.31. The molecule has 13 heteroatoms. The molecule has 0 aliphatic carbocycles. The van der Waals surface area contributed by atoms with Crippen LogP contribution in [0.15, 0.2) is 61.1 Å². The molecule has 0 bridgehead atoms. The Hall–Kier alpha value is -4.19. The van der Waals surface area contributed by atoms with E-state index in [1.54, 1.807) is 24.3 Å².